The molecule has 1 fully saturated rings. The van der Waals surface area contributed by atoms with Crippen molar-refractivity contribution in [1.82, 2.24) is 19.8 Å². The first-order chi connectivity index (χ1) is 7.81. The highest BCUT2D eigenvalue weighted by atomic mass is 16.2. The number of nitrogens with zero attached hydrogens (tertiary/aromatic N) is 4. The van der Waals surface area contributed by atoms with Gasteiger partial charge in [-0.1, -0.05) is 6.92 Å². The summed E-state index contributed by atoms with van der Waals surface area (Å²) in [6, 6.07) is 0. The van der Waals surface area contributed by atoms with Crippen molar-refractivity contribution in [2.75, 3.05) is 32.7 Å². The van der Waals surface area contributed by atoms with Gasteiger partial charge < -0.3 is 9.80 Å². The molecule has 2 rings (SSSR count). The van der Waals surface area contributed by atoms with Crippen molar-refractivity contribution >= 4 is 5.91 Å². The first kappa shape index (κ1) is 11.0. The van der Waals surface area contributed by atoms with Gasteiger partial charge in [0, 0.05) is 38.6 Å². The van der Waals surface area contributed by atoms with Gasteiger partial charge in [0.05, 0.1) is 6.20 Å². The van der Waals surface area contributed by atoms with Crippen LogP contribution in [0.4, 0.5) is 0 Å². The minimum atomic E-state index is -0.0103. The van der Waals surface area contributed by atoms with Crippen LogP contribution >= 0.6 is 0 Å². The van der Waals surface area contributed by atoms with Crippen molar-refractivity contribution in [3.05, 3.63) is 24.3 Å². The van der Waals surface area contributed by atoms with Crippen molar-refractivity contribution in [3.63, 3.8) is 0 Å². The molecule has 1 aromatic rings. The molecular formula is C11H16N4O. The molecule has 1 aromatic heterocycles. The fraction of sp³-hybridized carbons (Fsp3) is 0.545. The molecule has 0 aliphatic carbocycles. The molecule has 0 unspecified atom stereocenters. The van der Waals surface area contributed by atoms with E-state index in [1.807, 2.05) is 4.90 Å². The summed E-state index contributed by atoms with van der Waals surface area (Å²) in [7, 11) is 0. The zero-order valence-electron chi connectivity index (χ0n) is 9.46. The average Bonchev–Trinajstić information content (AvgIpc) is 2.39. The molecule has 1 saturated heterocycles. The molecule has 86 valence electrons. The summed E-state index contributed by atoms with van der Waals surface area (Å²) in [5.74, 6) is -0.0103. The zero-order valence-corrected chi connectivity index (χ0v) is 9.46. The molecule has 0 bridgehead atoms. The van der Waals surface area contributed by atoms with Gasteiger partial charge in [-0.05, 0) is 6.54 Å². The molecule has 0 saturated carbocycles. The maximum atomic E-state index is 12.0. The SMILES string of the molecule is CCN1CCN(C(=O)c2cnccn2)CC1. The second-order valence-electron chi connectivity index (χ2n) is 3.82. The quantitative estimate of drug-likeness (QED) is 0.717. The highest BCUT2D eigenvalue weighted by Crippen LogP contribution is 2.05. The Bertz CT molecular complexity index is 346. The van der Waals surface area contributed by atoms with E-state index >= 15 is 0 Å². The summed E-state index contributed by atoms with van der Waals surface area (Å²) in [5, 5.41) is 0. The van der Waals surface area contributed by atoms with Gasteiger partial charge in [0.25, 0.3) is 5.91 Å². The number of likely N-dealkylation sites (N-methyl/N-ethyl adjacent to an activating group) is 1. The summed E-state index contributed by atoms with van der Waals surface area (Å²) < 4.78 is 0. The Morgan fingerprint density at radius 1 is 1.31 bits per heavy atom. The summed E-state index contributed by atoms with van der Waals surface area (Å²) in [5.41, 5.74) is 0.437. The summed E-state index contributed by atoms with van der Waals surface area (Å²) >= 11 is 0. The highest BCUT2D eigenvalue weighted by molar-refractivity contribution is 5.92. The Morgan fingerprint density at radius 3 is 2.62 bits per heavy atom. The molecule has 1 aliphatic heterocycles. The van der Waals surface area contributed by atoms with Crippen LogP contribution in [-0.2, 0) is 0 Å². The van der Waals surface area contributed by atoms with Gasteiger partial charge in [0.2, 0.25) is 0 Å². The van der Waals surface area contributed by atoms with E-state index in [-0.39, 0.29) is 5.91 Å². The van der Waals surface area contributed by atoms with E-state index in [0.717, 1.165) is 32.7 Å². The fourth-order valence-corrected chi connectivity index (χ4v) is 1.84. The number of hydrogen-bond donors (Lipinski definition) is 0. The second kappa shape index (κ2) is 5.03. The van der Waals surface area contributed by atoms with Gasteiger partial charge in [-0.25, -0.2) is 4.98 Å². The van der Waals surface area contributed by atoms with E-state index in [4.69, 9.17) is 0 Å². The van der Waals surface area contributed by atoms with Gasteiger partial charge in [0.15, 0.2) is 0 Å². The summed E-state index contributed by atoms with van der Waals surface area (Å²) in [6.07, 6.45) is 4.65. The fourth-order valence-electron chi connectivity index (χ4n) is 1.84. The largest absolute Gasteiger partial charge is 0.335 e. The Kier molecular flexibility index (Phi) is 3.46. The van der Waals surface area contributed by atoms with Gasteiger partial charge in [-0.15, -0.1) is 0 Å². The molecule has 0 spiro atoms. The molecular weight excluding hydrogens is 204 g/mol. The predicted molar refractivity (Wildman–Crippen MR) is 60.0 cm³/mol. The van der Waals surface area contributed by atoms with Gasteiger partial charge in [0.1, 0.15) is 5.69 Å². The number of carbonyl (C=O) groups excluding carboxylic acids is 1. The van der Waals surface area contributed by atoms with Crippen LogP contribution in [0.5, 0.6) is 0 Å². The van der Waals surface area contributed by atoms with Crippen molar-refractivity contribution in [2.45, 2.75) is 6.92 Å². The molecule has 1 aliphatic rings. The Labute approximate surface area is 95.1 Å². The number of carbonyl (C=O) groups is 1. The van der Waals surface area contributed by atoms with Crippen molar-refractivity contribution in [2.24, 2.45) is 0 Å². The Balaban J connectivity index is 1.97. The molecule has 5 nitrogen and oxygen atoms in total. The van der Waals surface area contributed by atoms with E-state index in [1.54, 1.807) is 12.4 Å². The van der Waals surface area contributed by atoms with E-state index in [0.29, 0.717) is 5.69 Å². The third kappa shape index (κ3) is 2.36. The highest BCUT2D eigenvalue weighted by Gasteiger charge is 2.21. The van der Waals surface area contributed by atoms with Crippen molar-refractivity contribution in [1.29, 1.82) is 0 Å². The van der Waals surface area contributed by atoms with Crippen LogP contribution in [0.2, 0.25) is 0 Å². The number of rotatable bonds is 2. The normalized spacial score (nSPS) is 17.4. The van der Waals surface area contributed by atoms with Crippen LogP contribution in [0.25, 0.3) is 0 Å². The summed E-state index contributed by atoms with van der Waals surface area (Å²) in [6.45, 7) is 6.64. The molecule has 1 amide bonds. The van der Waals surface area contributed by atoms with Crippen molar-refractivity contribution < 1.29 is 4.79 Å². The van der Waals surface area contributed by atoms with Crippen molar-refractivity contribution in [3.8, 4) is 0 Å². The topological polar surface area (TPSA) is 49.3 Å². The summed E-state index contributed by atoms with van der Waals surface area (Å²) in [4.78, 5) is 24.1. The smallest absolute Gasteiger partial charge is 0.274 e. The van der Waals surface area contributed by atoms with E-state index in [1.165, 1.54) is 6.20 Å². The third-order valence-electron chi connectivity index (χ3n) is 2.89. The number of amides is 1. The lowest BCUT2D eigenvalue weighted by Crippen LogP contribution is -2.48. The van der Waals surface area contributed by atoms with Crippen LogP contribution in [0.15, 0.2) is 18.6 Å². The average molecular weight is 220 g/mol. The van der Waals surface area contributed by atoms with Gasteiger partial charge in [-0.2, -0.15) is 0 Å². The first-order valence-electron chi connectivity index (χ1n) is 5.59. The Morgan fingerprint density at radius 2 is 2.06 bits per heavy atom. The van der Waals surface area contributed by atoms with E-state index in [9.17, 15) is 4.79 Å². The standard InChI is InChI=1S/C11H16N4O/c1-2-14-5-7-15(8-6-14)11(16)10-9-12-3-4-13-10/h3-4,9H,2,5-8H2,1H3. The Hall–Kier alpha value is -1.49. The lowest BCUT2D eigenvalue weighted by molar-refractivity contribution is 0.0637. The molecule has 5 heteroatoms. The molecule has 0 N–H and O–H groups in total. The zero-order chi connectivity index (χ0) is 11.4. The van der Waals surface area contributed by atoms with Crippen LogP contribution in [-0.4, -0.2) is 58.4 Å². The number of hydrogen-bond acceptors (Lipinski definition) is 4. The maximum absolute atomic E-state index is 12.0. The second-order valence-corrected chi connectivity index (χ2v) is 3.82. The molecule has 16 heavy (non-hydrogen) atoms. The minimum Gasteiger partial charge on any atom is -0.335 e. The lowest BCUT2D eigenvalue weighted by Gasteiger charge is -2.33. The van der Waals surface area contributed by atoms with Crippen LogP contribution in [0, 0.1) is 0 Å². The van der Waals surface area contributed by atoms with E-state index in [2.05, 4.69) is 21.8 Å². The molecule has 0 radical (unpaired) electrons. The lowest BCUT2D eigenvalue weighted by atomic mass is 10.3. The molecule has 0 aromatic carbocycles. The first-order valence-corrected chi connectivity index (χ1v) is 5.59. The maximum Gasteiger partial charge on any atom is 0.274 e. The van der Waals surface area contributed by atoms with Gasteiger partial charge in [-0.3, -0.25) is 9.78 Å². The predicted octanol–water partition coefficient (Wildman–Crippen LogP) is 0.254. The number of piperazine rings is 1. The molecule has 2 heterocycles. The van der Waals surface area contributed by atoms with Crippen LogP contribution in [0.1, 0.15) is 17.4 Å². The molecule has 0 atom stereocenters. The minimum absolute atomic E-state index is 0.0103. The van der Waals surface area contributed by atoms with Crippen LogP contribution < -0.4 is 0 Å². The van der Waals surface area contributed by atoms with E-state index < -0.39 is 0 Å². The van der Waals surface area contributed by atoms with Crippen LogP contribution in [0.3, 0.4) is 0 Å². The van der Waals surface area contributed by atoms with Gasteiger partial charge >= 0.3 is 0 Å². The third-order valence-corrected chi connectivity index (χ3v) is 2.89. The monoisotopic (exact) mass is 220 g/mol. The number of aromatic nitrogens is 2.